The topological polar surface area (TPSA) is 59.2 Å². The maximum absolute atomic E-state index is 12.8. The number of nitrogens with zero attached hydrogens (tertiary/aromatic N) is 2. The quantitative estimate of drug-likeness (QED) is 0.918. The maximum atomic E-state index is 12.8. The molecule has 1 aliphatic rings. The molecule has 2 N–H and O–H groups in total. The van der Waals surface area contributed by atoms with E-state index in [0.29, 0.717) is 12.2 Å². The van der Waals surface area contributed by atoms with Crippen LogP contribution in [0, 0.1) is 6.92 Å². The molecule has 0 saturated carbocycles. The zero-order valence-electron chi connectivity index (χ0n) is 13.2. The molecule has 3 rings (SSSR count). The van der Waals surface area contributed by atoms with Gasteiger partial charge in [-0.2, -0.15) is 0 Å². The van der Waals surface area contributed by atoms with Crippen LogP contribution in [0.3, 0.4) is 0 Å². The summed E-state index contributed by atoms with van der Waals surface area (Å²) >= 11 is 1.52. The number of amides is 1. The van der Waals surface area contributed by atoms with Crippen molar-refractivity contribution in [3.05, 3.63) is 51.5 Å². The van der Waals surface area contributed by atoms with E-state index in [1.807, 2.05) is 10.3 Å². The average molecular weight is 352 g/mol. The summed E-state index contributed by atoms with van der Waals surface area (Å²) in [5, 5.41) is 2.80. The summed E-state index contributed by atoms with van der Waals surface area (Å²) < 4.78 is 0. The van der Waals surface area contributed by atoms with Crippen molar-refractivity contribution in [2.24, 2.45) is 5.73 Å². The molecule has 1 fully saturated rings. The Hall–Kier alpha value is -1.43. The second-order valence-corrected chi connectivity index (χ2v) is 6.68. The minimum Gasteiger partial charge on any atom is -0.330 e. The summed E-state index contributed by atoms with van der Waals surface area (Å²) in [4.78, 5) is 19.2. The van der Waals surface area contributed by atoms with Crippen molar-refractivity contribution in [2.45, 2.75) is 32.2 Å². The number of benzene rings is 1. The number of thiazole rings is 1. The predicted octanol–water partition coefficient (Wildman–Crippen LogP) is 3.35. The lowest BCUT2D eigenvalue weighted by Crippen LogP contribution is -2.30. The molecular formula is C17H22ClN3OS. The Morgan fingerprint density at radius 3 is 3.04 bits per heavy atom. The third-order valence-electron chi connectivity index (χ3n) is 4.07. The van der Waals surface area contributed by atoms with Crippen molar-refractivity contribution >= 4 is 29.7 Å². The van der Waals surface area contributed by atoms with Gasteiger partial charge in [-0.15, -0.1) is 23.7 Å². The van der Waals surface area contributed by atoms with Gasteiger partial charge in [0.15, 0.2) is 0 Å². The standard InChI is InChI=1S/C17H21N3OS.ClH/c1-12-4-2-5-13(10-12)15-6-3-9-20(15)17(21)14-11-22-16(19-14)7-8-18;/h2,4-5,10-11,15H,3,6-9,18H2,1H3;1H. The van der Waals surface area contributed by atoms with Crippen molar-refractivity contribution in [2.75, 3.05) is 13.1 Å². The van der Waals surface area contributed by atoms with Crippen LogP contribution in [0.1, 0.15) is 45.5 Å². The molecule has 4 nitrogen and oxygen atoms in total. The fourth-order valence-corrected chi connectivity index (χ4v) is 3.82. The van der Waals surface area contributed by atoms with Crippen molar-refractivity contribution in [3.63, 3.8) is 0 Å². The Morgan fingerprint density at radius 1 is 1.48 bits per heavy atom. The van der Waals surface area contributed by atoms with E-state index in [2.05, 4.69) is 36.2 Å². The average Bonchev–Trinajstić information content (AvgIpc) is 3.16. The molecule has 124 valence electrons. The number of nitrogens with two attached hydrogens (primary N) is 1. The second kappa shape index (κ2) is 7.90. The number of hydrogen-bond acceptors (Lipinski definition) is 4. The number of halogens is 1. The summed E-state index contributed by atoms with van der Waals surface area (Å²) in [6, 6.07) is 8.62. The van der Waals surface area contributed by atoms with Gasteiger partial charge < -0.3 is 10.6 Å². The first-order valence-electron chi connectivity index (χ1n) is 7.71. The molecule has 1 aromatic heterocycles. The molecule has 1 aliphatic heterocycles. The number of rotatable bonds is 4. The van der Waals surface area contributed by atoms with Crippen molar-refractivity contribution in [1.82, 2.24) is 9.88 Å². The fourth-order valence-electron chi connectivity index (χ4n) is 3.03. The van der Waals surface area contributed by atoms with Crippen LogP contribution in [0.4, 0.5) is 0 Å². The van der Waals surface area contributed by atoms with E-state index in [0.717, 1.165) is 30.8 Å². The van der Waals surface area contributed by atoms with Gasteiger partial charge >= 0.3 is 0 Å². The van der Waals surface area contributed by atoms with Gasteiger partial charge in [0.25, 0.3) is 5.91 Å². The highest BCUT2D eigenvalue weighted by atomic mass is 35.5. The van der Waals surface area contributed by atoms with Crippen LogP contribution in [0.15, 0.2) is 29.6 Å². The highest BCUT2D eigenvalue weighted by Gasteiger charge is 2.31. The summed E-state index contributed by atoms with van der Waals surface area (Å²) in [7, 11) is 0. The monoisotopic (exact) mass is 351 g/mol. The predicted molar refractivity (Wildman–Crippen MR) is 96.3 cm³/mol. The Morgan fingerprint density at radius 2 is 2.30 bits per heavy atom. The van der Waals surface area contributed by atoms with E-state index in [1.54, 1.807) is 0 Å². The van der Waals surface area contributed by atoms with Gasteiger partial charge in [-0.1, -0.05) is 29.8 Å². The van der Waals surface area contributed by atoms with Gasteiger partial charge in [0, 0.05) is 18.3 Å². The van der Waals surface area contributed by atoms with Gasteiger partial charge in [0.1, 0.15) is 5.69 Å². The minimum absolute atomic E-state index is 0. The first kappa shape index (κ1) is 17.9. The summed E-state index contributed by atoms with van der Waals surface area (Å²) in [5.41, 5.74) is 8.57. The molecule has 6 heteroatoms. The Balaban J connectivity index is 0.00000192. The molecule has 2 heterocycles. The van der Waals surface area contributed by atoms with Gasteiger partial charge in [-0.05, 0) is 31.9 Å². The molecule has 23 heavy (non-hydrogen) atoms. The molecule has 1 saturated heterocycles. The SMILES string of the molecule is Cc1cccc(C2CCCN2C(=O)c2csc(CCN)n2)c1.Cl. The van der Waals surface area contributed by atoms with Gasteiger partial charge in [0.2, 0.25) is 0 Å². The number of aromatic nitrogens is 1. The van der Waals surface area contributed by atoms with Gasteiger partial charge in [-0.25, -0.2) is 4.98 Å². The van der Waals surface area contributed by atoms with E-state index >= 15 is 0 Å². The highest BCUT2D eigenvalue weighted by molar-refractivity contribution is 7.09. The summed E-state index contributed by atoms with van der Waals surface area (Å²) in [6.45, 7) is 3.46. The lowest BCUT2D eigenvalue weighted by atomic mass is 10.0. The van der Waals surface area contributed by atoms with Crippen LogP contribution in [-0.2, 0) is 6.42 Å². The summed E-state index contributed by atoms with van der Waals surface area (Å²) in [5.74, 6) is 0.0449. The Kier molecular flexibility index (Phi) is 6.16. The minimum atomic E-state index is 0. The first-order chi connectivity index (χ1) is 10.7. The van der Waals surface area contributed by atoms with Crippen LogP contribution in [0.2, 0.25) is 0 Å². The van der Waals surface area contributed by atoms with Crippen LogP contribution in [0.5, 0.6) is 0 Å². The van der Waals surface area contributed by atoms with E-state index in [-0.39, 0.29) is 24.4 Å². The zero-order chi connectivity index (χ0) is 15.5. The van der Waals surface area contributed by atoms with Gasteiger partial charge in [0.05, 0.1) is 11.0 Å². The van der Waals surface area contributed by atoms with E-state index in [9.17, 15) is 4.79 Å². The largest absolute Gasteiger partial charge is 0.330 e. The maximum Gasteiger partial charge on any atom is 0.273 e. The lowest BCUT2D eigenvalue weighted by Gasteiger charge is -2.24. The zero-order valence-corrected chi connectivity index (χ0v) is 14.8. The Bertz CT molecular complexity index is 673. The fraction of sp³-hybridized carbons (Fsp3) is 0.412. The van der Waals surface area contributed by atoms with Crippen LogP contribution >= 0.6 is 23.7 Å². The van der Waals surface area contributed by atoms with Crippen molar-refractivity contribution in [1.29, 1.82) is 0 Å². The lowest BCUT2D eigenvalue weighted by molar-refractivity contribution is 0.0730. The molecule has 1 aromatic carbocycles. The van der Waals surface area contributed by atoms with E-state index in [1.165, 1.54) is 22.5 Å². The highest BCUT2D eigenvalue weighted by Crippen LogP contribution is 2.33. The van der Waals surface area contributed by atoms with E-state index in [4.69, 9.17) is 5.73 Å². The smallest absolute Gasteiger partial charge is 0.273 e. The van der Waals surface area contributed by atoms with Crippen LogP contribution in [-0.4, -0.2) is 28.9 Å². The number of carbonyl (C=O) groups excluding carboxylic acids is 1. The molecule has 1 unspecified atom stereocenters. The van der Waals surface area contributed by atoms with Crippen LogP contribution < -0.4 is 5.73 Å². The summed E-state index contributed by atoms with van der Waals surface area (Å²) in [6.07, 6.45) is 2.80. The van der Waals surface area contributed by atoms with E-state index < -0.39 is 0 Å². The molecule has 2 aromatic rings. The normalized spacial score (nSPS) is 17.1. The molecule has 0 bridgehead atoms. The number of aryl methyl sites for hydroxylation is 1. The van der Waals surface area contributed by atoms with Crippen molar-refractivity contribution < 1.29 is 4.79 Å². The third kappa shape index (κ3) is 3.91. The number of carbonyl (C=O) groups is 1. The molecule has 1 amide bonds. The van der Waals surface area contributed by atoms with Crippen LogP contribution in [0.25, 0.3) is 0 Å². The van der Waals surface area contributed by atoms with Gasteiger partial charge in [-0.3, -0.25) is 4.79 Å². The molecule has 0 radical (unpaired) electrons. The second-order valence-electron chi connectivity index (χ2n) is 5.74. The third-order valence-corrected chi connectivity index (χ3v) is 4.98. The number of likely N-dealkylation sites (tertiary alicyclic amines) is 1. The molecule has 0 spiro atoms. The Labute approximate surface area is 147 Å². The molecular weight excluding hydrogens is 330 g/mol. The molecule has 0 aliphatic carbocycles. The van der Waals surface area contributed by atoms with Crippen molar-refractivity contribution in [3.8, 4) is 0 Å². The first-order valence-corrected chi connectivity index (χ1v) is 8.59. The number of hydrogen-bond donors (Lipinski definition) is 1. The molecule has 1 atom stereocenters.